The van der Waals surface area contributed by atoms with Crippen LogP contribution < -0.4 is 10.1 Å². The average molecular weight is 333 g/mol. The molecule has 24 heavy (non-hydrogen) atoms. The zero-order valence-electron chi connectivity index (χ0n) is 14.6. The normalized spacial score (nSPS) is 14.9. The van der Waals surface area contributed by atoms with E-state index >= 15 is 0 Å². The molecule has 0 radical (unpaired) electrons. The predicted molar refractivity (Wildman–Crippen MR) is 93.1 cm³/mol. The molecule has 1 saturated heterocycles. The molecule has 1 aliphatic heterocycles. The first-order chi connectivity index (χ1) is 11.6. The third-order valence-corrected chi connectivity index (χ3v) is 4.11. The van der Waals surface area contributed by atoms with E-state index in [2.05, 4.69) is 5.32 Å². The summed E-state index contributed by atoms with van der Waals surface area (Å²) in [6.07, 6.45) is 1.70. The molecule has 0 saturated carbocycles. The second kappa shape index (κ2) is 9.15. The minimum Gasteiger partial charge on any atom is -0.484 e. The van der Waals surface area contributed by atoms with Crippen molar-refractivity contribution in [3.05, 3.63) is 29.8 Å². The van der Waals surface area contributed by atoms with Crippen LogP contribution in [0.3, 0.4) is 0 Å². The number of hydrogen-bond acceptors (Lipinski definition) is 3. The van der Waals surface area contributed by atoms with Gasteiger partial charge in [0.25, 0.3) is 5.91 Å². The summed E-state index contributed by atoms with van der Waals surface area (Å²) in [4.78, 5) is 28.0. The molecule has 6 heteroatoms. The molecule has 0 bridgehead atoms. The summed E-state index contributed by atoms with van der Waals surface area (Å²) < 4.78 is 5.64. The number of ether oxygens (including phenoxy) is 1. The fourth-order valence-electron chi connectivity index (χ4n) is 2.66. The maximum Gasteiger partial charge on any atom is 0.317 e. The number of urea groups is 1. The Kier molecular flexibility index (Phi) is 6.90. The quantitative estimate of drug-likeness (QED) is 0.897. The van der Waals surface area contributed by atoms with Gasteiger partial charge in [0, 0.05) is 32.7 Å². The van der Waals surface area contributed by atoms with Gasteiger partial charge in [0.05, 0.1) is 0 Å². The standard InChI is InChI=1S/C18H27N3O3/c1-3-9-19-18(23)21-11-6-10-20(12-13-21)17(22)14-24-16-8-5-4-7-15(16)2/h4-5,7-8H,3,6,9-14H2,1-2H3,(H,19,23). The number of benzene rings is 1. The maximum absolute atomic E-state index is 12.4. The summed E-state index contributed by atoms with van der Waals surface area (Å²) >= 11 is 0. The lowest BCUT2D eigenvalue weighted by Crippen LogP contribution is -2.43. The van der Waals surface area contributed by atoms with Gasteiger partial charge in [0.1, 0.15) is 5.75 Å². The number of para-hydroxylation sites is 1. The summed E-state index contributed by atoms with van der Waals surface area (Å²) in [7, 11) is 0. The average Bonchev–Trinajstić information content (AvgIpc) is 2.85. The highest BCUT2D eigenvalue weighted by molar-refractivity contribution is 5.78. The van der Waals surface area contributed by atoms with Crippen molar-refractivity contribution in [3.63, 3.8) is 0 Å². The van der Waals surface area contributed by atoms with Gasteiger partial charge >= 0.3 is 6.03 Å². The fourth-order valence-corrected chi connectivity index (χ4v) is 2.66. The molecule has 0 atom stereocenters. The van der Waals surface area contributed by atoms with Crippen molar-refractivity contribution < 1.29 is 14.3 Å². The summed E-state index contributed by atoms with van der Waals surface area (Å²) in [6.45, 7) is 7.15. The topological polar surface area (TPSA) is 61.9 Å². The Hall–Kier alpha value is -2.24. The largest absolute Gasteiger partial charge is 0.484 e. The van der Waals surface area contributed by atoms with Crippen LogP contribution in [0.4, 0.5) is 4.79 Å². The molecule has 132 valence electrons. The van der Waals surface area contributed by atoms with Crippen molar-refractivity contribution in [2.24, 2.45) is 0 Å². The van der Waals surface area contributed by atoms with Crippen molar-refractivity contribution in [2.75, 3.05) is 39.3 Å². The highest BCUT2D eigenvalue weighted by atomic mass is 16.5. The van der Waals surface area contributed by atoms with Crippen molar-refractivity contribution in [3.8, 4) is 5.75 Å². The minimum absolute atomic E-state index is 0.0333. The third kappa shape index (κ3) is 5.15. The SMILES string of the molecule is CCCNC(=O)N1CCCN(C(=O)COc2ccccc2C)CC1. The molecule has 1 aromatic carbocycles. The second-order valence-electron chi connectivity index (χ2n) is 6.01. The van der Waals surface area contributed by atoms with Gasteiger partial charge in [0.15, 0.2) is 6.61 Å². The van der Waals surface area contributed by atoms with Crippen molar-refractivity contribution in [1.82, 2.24) is 15.1 Å². The van der Waals surface area contributed by atoms with Gasteiger partial charge < -0.3 is 19.9 Å². The van der Waals surface area contributed by atoms with Gasteiger partial charge in [-0.25, -0.2) is 4.79 Å². The predicted octanol–water partition coefficient (Wildman–Crippen LogP) is 2.03. The fraction of sp³-hybridized carbons (Fsp3) is 0.556. The summed E-state index contributed by atoms with van der Waals surface area (Å²) in [5, 5.41) is 2.89. The molecule has 1 fully saturated rings. The van der Waals surface area contributed by atoms with Crippen LogP contribution in [0.5, 0.6) is 5.75 Å². The zero-order valence-corrected chi connectivity index (χ0v) is 14.6. The van der Waals surface area contributed by atoms with E-state index < -0.39 is 0 Å². The minimum atomic E-state index is -0.0395. The molecule has 6 nitrogen and oxygen atoms in total. The Labute approximate surface area is 143 Å². The highest BCUT2D eigenvalue weighted by Gasteiger charge is 2.22. The molecule has 2 rings (SSSR count). The lowest BCUT2D eigenvalue weighted by atomic mass is 10.2. The Balaban J connectivity index is 1.81. The van der Waals surface area contributed by atoms with Gasteiger partial charge in [-0.2, -0.15) is 0 Å². The monoisotopic (exact) mass is 333 g/mol. The van der Waals surface area contributed by atoms with E-state index in [0.29, 0.717) is 32.7 Å². The molecule has 3 amide bonds. The molecule has 1 heterocycles. The number of aryl methyl sites for hydroxylation is 1. The number of amides is 3. The van der Waals surface area contributed by atoms with Crippen LogP contribution in [-0.4, -0.2) is 61.1 Å². The van der Waals surface area contributed by atoms with Crippen molar-refractivity contribution >= 4 is 11.9 Å². The summed E-state index contributed by atoms with van der Waals surface area (Å²) in [5.41, 5.74) is 1.01. The van der Waals surface area contributed by atoms with Crippen LogP contribution >= 0.6 is 0 Å². The Morgan fingerprint density at radius 2 is 1.83 bits per heavy atom. The van der Waals surface area contributed by atoms with E-state index in [9.17, 15) is 9.59 Å². The number of nitrogens with zero attached hydrogens (tertiary/aromatic N) is 2. The van der Waals surface area contributed by atoms with Crippen LogP contribution in [0.1, 0.15) is 25.3 Å². The van der Waals surface area contributed by atoms with E-state index in [1.165, 1.54) is 0 Å². The molecule has 1 N–H and O–H groups in total. The van der Waals surface area contributed by atoms with Crippen molar-refractivity contribution in [1.29, 1.82) is 0 Å². The summed E-state index contributed by atoms with van der Waals surface area (Å²) in [5.74, 6) is 0.704. The molecule has 1 aliphatic rings. The van der Waals surface area contributed by atoms with Gasteiger partial charge in [-0.1, -0.05) is 25.1 Å². The molecular weight excluding hydrogens is 306 g/mol. The molecule has 0 spiro atoms. The Morgan fingerprint density at radius 1 is 1.12 bits per heavy atom. The van der Waals surface area contributed by atoms with Crippen LogP contribution in [-0.2, 0) is 4.79 Å². The lowest BCUT2D eigenvalue weighted by Gasteiger charge is -2.22. The number of rotatable bonds is 5. The van der Waals surface area contributed by atoms with E-state index in [1.54, 1.807) is 9.80 Å². The first-order valence-electron chi connectivity index (χ1n) is 8.60. The van der Waals surface area contributed by atoms with Crippen LogP contribution in [0.2, 0.25) is 0 Å². The van der Waals surface area contributed by atoms with Gasteiger partial charge in [-0.05, 0) is 31.4 Å². The molecule has 0 unspecified atom stereocenters. The molecule has 0 aliphatic carbocycles. The third-order valence-electron chi connectivity index (χ3n) is 4.11. The van der Waals surface area contributed by atoms with E-state index in [4.69, 9.17) is 4.74 Å². The van der Waals surface area contributed by atoms with E-state index in [-0.39, 0.29) is 18.5 Å². The zero-order chi connectivity index (χ0) is 17.4. The number of carbonyl (C=O) groups excluding carboxylic acids is 2. The smallest absolute Gasteiger partial charge is 0.317 e. The maximum atomic E-state index is 12.4. The van der Waals surface area contributed by atoms with E-state index in [0.717, 1.165) is 24.2 Å². The molecule has 1 aromatic rings. The van der Waals surface area contributed by atoms with Gasteiger partial charge in [0.2, 0.25) is 0 Å². The van der Waals surface area contributed by atoms with Crippen molar-refractivity contribution in [2.45, 2.75) is 26.7 Å². The number of carbonyl (C=O) groups is 2. The first-order valence-corrected chi connectivity index (χ1v) is 8.60. The first kappa shape index (κ1) is 18.1. The van der Waals surface area contributed by atoms with E-state index in [1.807, 2.05) is 38.1 Å². The lowest BCUT2D eigenvalue weighted by molar-refractivity contribution is -0.133. The molecular formula is C18H27N3O3. The Morgan fingerprint density at radius 3 is 2.58 bits per heavy atom. The van der Waals surface area contributed by atoms with Gasteiger partial charge in [-0.3, -0.25) is 4.79 Å². The van der Waals surface area contributed by atoms with Crippen LogP contribution in [0, 0.1) is 6.92 Å². The summed E-state index contributed by atoms with van der Waals surface area (Å²) in [6, 6.07) is 7.62. The Bertz CT molecular complexity index is 562. The van der Waals surface area contributed by atoms with Crippen LogP contribution in [0.25, 0.3) is 0 Å². The number of hydrogen-bond donors (Lipinski definition) is 1. The van der Waals surface area contributed by atoms with Crippen LogP contribution in [0.15, 0.2) is 24.3 Å². The number of nitrogens with one attached hydrogen (secondary N) is 1. The highest BCUT2D eigenvalue weighted by Crippen LogP contribution is 2.16. The second-order valence-corrected chi connectivity index (χ2v) is 6.01. The molecule has 0 aromatic heterocycles. The van der Waals surface area contributed by atoms with Gasteiger partial charge in [-0.15, -0.1) is 0 Å².